The number of nitrogens with two attached hydrogens (primary N) is 1. The van der Waals surface area contributed by atoms with Gasteiger partial charge in [-0.15, -0.1) is 12.4 Å². The molecule has 0 aromatic heterocycles. The number of halogens is 1. The summed E-state index contributed by atoms with van der Waals surface area (Å²) in [6, 6.07) is 12.7. The zero-order valence-electron chi connectivity index (χ0n) is 12.3. The van der Waals surface area contributed by atoms with Crippen molar-refractivity contribution in [2.45, 2.75) is 6.92 Å². The van der Waals surface area contributed by atoms with E-state index in [0.717, 1.165) is 0 Å². The molecule has 0 aliphatic heterocycles. The Balaban J connectivity index is 0.00000264. The maximum atomic E-state index is 12.0. The Hall–Kier alpha value is -2.86. The number of benzene rings is 2. The molecule has 0 unspecified atom stereocenters. The monoisotopic (exact) mass is 333 g/mol. The summed E-state index contributed by atoms with van der Waals surface area (Å²) in [4.78, 5) is 22.9. The molecule has 6 nitrogen and oxygen atoms in total. The highest BCUT2D eigenvalue weighted by molar-refractivity contribution is 5.95. The number of hydrogen-bond acceptors (Lipinski definition) is 4. The maximum Gasteiger partial charge on any atom is 0.343 e. The van der Waals surface area contributed by atoms with Gasteiger partial charge in [0.1, 0.15) is 11.6 Å². The summed E-state index contributed by atoms with van der Waals surface area (Å²) in [6.07, 6.45) is 0. The van der Waals surface area contributed by atoms with Gasteiger partial charge in [0.25, 0.3) is 0 Å². The number of ether oxygens (including phenoxy) is 1. The van der Waals surface area contributed by atoms with Crippen molar-refractivity contribution in [3.63, 3.8) is 0 Å². The second-order valence-corrected chi connectivity index (χ2v) is 4.59. The summed E-state index contributed by atoms with van der Waals surface area (Å²) in [7, 11) is 0. The van der Waals surface area contributed by atoms with Gasteiger partial charge in [-0.3, -0.25) is 10.2 Å². The highest BCUT2D eigenvalue weighted by atomic mass is 35.5. The Morgan fingerprint density at radius 1 is 1.00 bits per heavy atom. The maximum absolute atomic E-state index is 12.0. The smallest absolute Gasteiger partial charge is 0.343 e. The molecule has 0 atom stereocenters. The normalized spacial score (nSPS) is 9.43. The van der Waals surface area contributed by atoms with Gasteiger partial charge in [-0.2, -0.15) is 0 Å². The Morgan fingerprint density at radius 2 is 1.52 bits per heavy atom. The lowest BCUT2D eigenvalue weighted by atomic mass is 10.2. The van der Waals surface area contributed by atoms with Crippen LogP contribution in [0.5, 0.6) is 5.75 Å². The zero-order chi connectivity index (χ0) is 16.1. The molecule has 0 radical (unpaired) electrons. The zero-order valence-corrected chi connectivity index (χ0v) is 13.1. The lowest BCUT2D eigenvalue weighted by Gasteiger charge is -2.06. The number of carbonyl (C=O) groups excluding carboxylic acids is 2. The highest BCUT2D eigenvalue weighted by Crippen LogP contribution is 2.15. The predicted octanol–water partition coefficient (Wildman–Crippen LogP) is 2.57. The fourth-order valence-electron chi connectivity index (χ4n) is 1.76. The summed E-state index contributed by atoms with van der Waals surface area (Å²) in [5, 5.41) is 9.90. The Kier molecular flexibility index (Phi) is 6.29. The molecule has 23 heavy (non-hydrogen) atoms. The predicted molar refractivity (Wildman–Crippen MR) is 90.4 cm³/mol. The second kappa shape index (κ2) is 7.95. The summed E-state index contributed by atoms with van der Waals surface area (Å²) in [5.41, 5.74) is 6.88. The van der Waals surface area contributed by atoms with Gasteiger partial charge in [0.05, 0.1) is 5.56 Å². The summed E-state index contributed by atoms with van der Waals surface area (Å²) in [5.74, 6) is -0.377. The van der Waals surface area contributed by atoms with Gasteiger partial charge in [-0.1, -0.05) is 0 Å². The molecule has 0 aliphatic carbocycles. The first-order valence-corrected chi connectivity index (χ1v) is 6.50. The van der Waals surface area contributed by atoms with Crippen LogP contribution >= 0.6 is 12.4 Å². The largest absolute Gasteiger partial charge is 0.423 e. The number of hydrogen-bond donors (Lipinski definition) is 3. The third-order valence-corrected chi connectivity index (χ3v) is 2.82. The molecule has 4 N–H and O–H groups in total. The Morgan fingerprint density at radius 3 is 2.00 bits per heavy atom. The molecule has 2 rings (SSSR count). The lowest BCUT2D eigenvalue weighted by molar-refractivity contribution is -0.114. The summed E-state index contributed by atoms with van der Waals surface area (Å²) in [6.45, 7) is 1.41. The van der Waals surface area contributed by atoms with Crippen molar-refractivity contribution in [1.82, 2.24) is 0 Å². The molecular weight excluding hydrogens is 318 g/mol. The Bertz CT molecular complexity index is 712. The number of carbonyl (C=O) groups is 2. The van der Waals surface area contributed by atoms with E-state index in [1.165, 1.54) is 6.92 Å². The van der Waals surface area contributed by atoms with Gasteiger partial charge in [0.15, 0.2) is 0 Å². The SMILES string of the molecule is CC(=O)Nc1ccc(C(=O)Oc2ccc(C(=N)N)cc2)cc1.Cl. The quantitative estimate of drug-likeness (QED) is 0.346. The van der Waals surface area contributed by atoms with Crippen LogP contribution in [-0.4, -0.2) is 17.7 Å². The fraction of sp³-hybridized carbons (Fsp3) is 0.0625. The minimum absolute atomic E-state index is 0. The van der Waals surface area contributed by atoms with Crippen LogP contribution in [0.15, 0.2) is 48.5 Å². The van der Waals surface area contributed by atoms with Crippen LogP contribution in [0.2, 0.25) is 0 Å². The first-order valence-electron chi connectivity index (χ1n) is 6.50. The average molecular weight is 334 g/mol. The number of nitrogens with one attached hydrogen (secondary N) is 2. The van der Waals surface area contributed by atoms with Crippen LogP contribution in [-0.2, 0) is 4.79 Å². The van der Waals surface area contributed by atoms with Crippen LogP contribution in [0, 0.1) is 5.41 Å². The molecule has 0 saturated carbocycles. The van der Waals surface area contributed by atoms with Gasteiger partial charge in [0, 0.05) is 18.2 Å². The van der Waals surface area contributed by atoms with Crippen molar-refractivity contribution in [3.8, 4) is 5.75 Å². The number of amidine groups is 1. The van der Waals surface area contributed by atoms with Gasteiger partial charge in [-0.25, -0.2) is 4.79 Å². The highest BCUT2D eigenvalue weighted by Gasteiger charge is 2.09. The molecule has 2 aromatic rings. The molecule has 0 spiro atoms. The van der Waals surface area contributed by atoms with E-state index < -0.39 is 5.97 Å². The Labute approximate surface area is 139 Å². The summed E-state index contributed by atoms with van der Waals surface area (Å²) >= 11 is 0. The van der Waals surface area contributed by atoms with Gasteiger partial charge in [0.2, 0.25) is 5.91 Å². The first kappa shape index (κ1) is 18.2. The molecule has 0 saturated heterocycles. The minimum atomic E-state index is -0.509. The standard InChI is InChI=1S/C16H15N3O3.ClH/c1-10(20)19-13-6-2-12(3-7-13)16(21)22-14-8-4-11(5-9-14)15(17)18;/h2-9H,1H3,(H3,17,18)(H,19,20);1H. The molecule has 7 heteroatoms. The molecule has 0 aliphatic rings. The van der Waals surface area contributed by atoms with E-state index in [1.807, 2.05) is 0 Å². The van der Waals surface area contributed by atoms with Gasteiger partial charge in [-0.05, 0) is 48.5 Å². The summed E-state index contributed by atoms with van der Waals surface area (Å²) < 4.78 is 5.22. The molecule has 0 fully saturated rings. The fourth-order valence-corrected chi connectivity index (χ4v) is 1.76. The van der Waals surface area contributed by atoms with E-state index in [0.29, 0.717) is 22.6 Å². The molecule has 0 bridgehead atoms. The lowest BCUT2D eigenvalue weighted by Crippen LogP contribution is -2.12. The third-order valence-electron chi connectivity index (χ3n) is 2.82. The topological polar surface area (TPSA) is 105 Å². The van der Waals surface area contributed by atoms with Crippen LogP contribution in [0.4, 0.5) is 5.69 Å². The van der Waals surface area contributed by atoms with Crippen molar-refractivity contribution in [2.75, 3.05) is 5.32 Å². The van der Waals surface area contributed by atoms with Crippen molar-refractivity contribution < 1.29 is 14.3 Å². The van der Waals surface area contributed by atoms with Crippen LogP contribution < -0.4 is 15.8 Å². The average Bonchev–Trinajstić information content (AvgIpc) is 2.48. The van der Waals surface area contributed by atoms with E-state index >= 15 is 0 Å². The molecule has 1 amide bonds. The van der Waals surface area contributed by atoms with Crippen LogP contribution in [0.3, 0.4) is 0 Å². The van der Waals surface area contributed by atoms with Gasteiger partial charge < -0.3 is 15.8 Å². The number of amides is 1. The number of anilines is 1. The van der Waals surface area contributed by atoms with Crippen molar-refractivity contribution in [3.05, 3.63) is 59.7 Å². The van der Waals surface area contributed by atoms with E-state index in [9.17, 15) is 9.59 Å². The van der Waals surface area contributed by atoms with E-state index in [2.05, 4.69) is 5.32 Å². The van der Waals surface area contributed by atoms with E-state index in [4.69, 9.17) is 15.9 Å². The molecule has 120 valence electrons. The minimum Gasteiger partial charge on any atom is -0.423 e. The van der Waals surface area contributed by atoms with Crippen LogP contribution in [0.25, 0.3) is 0 Å². The number of esters is 1. The molecule has 0 heterocycles. The van der Waals surface area contributed by atoms with E-state index in [1.54, 1.807) is 48.5 Å². The first-order chi connectivity index (χ1) is 10.5. The number of rotatable bonds is 4. The van der Waals surface area contributed by atoms with Gasteiger partial charge >= 0.3 is 5.97 Å². The van der Waals surface area contributed by atoms with Crippen LogP contribution in [0.1, 0.15) is 22.8 Å². The van der Waals surface area contributed by atoms with Crippen molar-refractivity contribution >= 4 is 35.8 Å². The van der Waals surface area contributed by atoms with E-state index in [-0.39, 0.29) is 24.1 Å². The van der Waals surface area contributed by atoms with Crippen molar-refractivity contribution in [2.24, 2.45) is 5.73 Å². The molecular formula is C16H16ClN3O3. The molecule has 2 aromatic carbocycles. The second-order valence-electron chi connectivity index (χ2n) is 4.59. The van der Waals surface area contributed by atoms with Crippen molar-refractivity contribution in [1.29, 1.82) is 5.41 Å². The number of nitrogen functional groups attached to an aromatic ring is 1. The third kappa shape index (κ3) is 5.12.